The molecular formula is C16H23N. The molecule has 0 spiro atoms. The van der Waals surface area contributed by atoms with Gasteiger partial charge in [0.05, 0.1) is 0 Å². The van der Waals surface area contributed by atoms with E-state index in [4.69, 9.17) is 0 Å². The van der Waals surface area contributed by atoms with Crippen molar-refractivity contribution >= 4 is 0 Å². The summed E-state index contributed by atoms with van der Waals surface area (Å²) < 4.78 is 0. The van der Waals surface area contributed by atoms with Crippen LogP contribution >= 0.6 is 0 Å². The van der Waals surface area contributed by atoms with Crippen molar-refractivity contribution in [3.05, 3.63) is 34.9 Å². The SMILES string of the molecule is Cc1ccc(C)c(C(C)NC2CC[C@H]3C[C@@H]23)c1. The van der Waals surface area contributed by atoms with E-state index in [0.717, 1.165) is 17.9 Å². The summed E-state index contributed by atoms with van der Waals surface area (Å²) in [6.45, 7) is 6.72. The molecule has 3 rings (SSSR count). The van der Waals surface area contributed by atoms with Crippen LogP contribution in [0.2, 0.25) is 0 Å². The molecule has 2 fully saturated rings. The zero-order valence-corrected chi connectivity index (χ0v) is 11.2. The van der Waals surface area contributed by atoms with Crippen LogP contribution in [-0.4, -0.2) is 6.04 Å². The van der Waals surface area contributed by atoms with Gasteiger partial charge in [0.2, 0.25) is 0 Å². The number of rotatable bonds is 3. The molecule has 2 aliphatic rings. The Kier molecular flexibility index (Phi) is 2.74. The molecule has 0 radical (unpaired) electrons. The Balaban J connectivity index is 1.72. The van der Waals surface area contributed by atoms with Crippen LogP contribution in [0.4, 0.5) is 0 Å². The third-order valence-corrected chi connectivity index (χ3v) is 4.71. The topological polar surface area (TPSA) is 12.0 Å². The molecule has 17 heavy (non-hydrogen) atoms. The van der Waals surface area contributed by atoms with E-state index in [1.54, 1.807) is 0 Å². The van der Waals surface area contributed by atoms with Crippen LogP contribution in [0.15, 0.2) is 18.2 Å². The lowest BCUT2D eigenvalue weighted by atomic mass is 9.99. The van der Waals surface area contributed by atoms with Crippen LogP contribution in [0.1, 0.15) is 48.9 Å². The van der Waals surface area contributed by atoms with Crippen LogP contribution in [0.3, 0.4) is 0 Å². The second-order valence-electron chi connectivity index (χ2n) is 6.09. The molecule has 1 aromatic rings. The van der Waals surface area contributed by atoms with Gasteiger partial charge >= 0.3 is 0 Å². The molecule has 0 bridgehead atoms. The van der Waals surface area contributed by atoms with Crippen LogP contribution in [-0.2, 0) is 0 Å². The Bertz CT molecular complexity index is 424. The first-order chi connectivity index (χ1) is 8.15. The first-order valence-corrected chi connectivity index (χ1v) is 6.98. The second kappa shape index (κ2) is 4.13. The van der Waals surface area contributed by atoms with Crippen molar-refractivity contribution in [3.8, 4) is 0 Å². The van der Waals surface area contributed by atoms with Gasteiger partial charge in [-0.1, -0.05) is 23.8 Å². The summed E-state index contributed by atoms with van der Waals surface area (Å²) in [4.78, 5) is 0. The Hall–Kier alpha value is -0.820. The summed E-state index contributed by atoms with van der Waals surface area (Å²) in [5.74, 6) is 2.07. The van der Waals surface area contributed by atoms with Crippen molar-refractivity contribution in [1.29, 1.82) is 0 Å². The van der Waals surface area contributed by atoms with Crippen molar-refractivity contribution in [2.24, 2.45) is 11.8 Å². The summed E-state index contributed by atoms with van der Waals surface area (Å²) in [5, 5.41) is 3.85. The molecule has 0 aromatic heterocycles. The number of nitrogens with one attached hydrogen (secondary N) is 1. The summed E-state index contributed by atoms with van der Waals surface area (Å²) in [5.41, 5.74) is 4.27. The largest absolute Gasteiger partial charge is 0.307 e. The molecular weight excluding hydrogens is 206 g/mol. The average molecular weight is 229 g/mol. The van der Waals surface area contributed by atoms with Crippen molar-refractivity contribution in [2.45, 2.75) is 52.1 Å². The van der Waals surface area contributed by atoms with Crippen molar-refractivity contribution in [3.63, 3.8) is 0 Å². The van der Waals surface area contributed by atoms with Gasteiger partial charge in [-0.25, -0.2) is 0 Å². The predicted molar refractivity (Wildman–Crippen MR) is 72.1 cm³/mol. The Morgan fingerprint density at radius 2 is 2.06 bits per heavy atom. The summed E-state index contributed by atoms with van der Waals surface area (Å²) in [7, 11) is 0. The van der Waals surface area contributed by atoms with Crippen LogP contribution in [0.5, 0.6) is 0 Å². The molecule has 4 atom stereocenters. The van der Waals surface area contributed by atoms with E-state index < -0.39 is 0 Å². The van der Waals surface area contributed by atoms with Crippen molar-refractivity contribution < 1.29 is 0 Å². The third kappa shape index (κ3) is 2.13. The molecule has 1 heteroatoms. The minimum Gasteiger partial charge on any atom is -0.307 e. The monoisotopic (exact) mass is 229 g/mol. The summed E-state index contributed by atoms with van der Waals surface area (Å²) in [6.07, 6.45) is 4.34. The quantitative estimate of drug-likeness (QED) is 0.832. The van der Waals surface area contributed by atoms with Gasteiger partial charge in [0.1, 0.15) is 0 Å². The molecule has 2 aliphatic carbocycles. The molecule has 1 N–H and O–H groups in total. The molecule has 0 amide bonds. The van der Waals surface area contributed by atoms with Crippen LogP contribution in [0, 0.1) is 25.7 Å². The molecule has 1 nitrogen and oxygen atoms in total. The van der Waals surface area contributed by atoms with Crippen molar-refractivity contribution in [1.82, 2.24) is 5.32 Å². The van der Waals surface area contributed by atoms with Gasteiger partial charge in [-0.15, -0.1) is 0 Å². The van der Waals surface area contributed by atoms with E-state index >= 15 is 0 Å². The fraction of sp³-hybridized carbons (Fsp3) is 0.625. The van der Waals surface area contributed by atoms with E-state index in [2.05, 4.69) is 44.3 Å². The minimum absolute atomic E-state index is 0.499. The lowest BCUT2D eigenvalue weighted by Crippen LogP contribution is -2.31. The van der Waals surface area contributed by atoms with Gasteiger partial charge in [0.15, 0.2) is 0 Å². The van der Waals surface area contributed by atoms with Crippen LogP contribution in [0.25, 0.3) is 0 Å². The minimum atomic E-state index is 0.499. The van der Waals surface area contributed by atoms with Gasteiger partial charge in [-0.05, 0) is 63.0 Å². The Morgan fingerprint density at radius 3 is 2.71 bits per heavy atom. The van der Waals surface area contributed by atoms with E-state index in [1.807, 2.05) is 0 Å². The maximum absolute atomic E-state index is 3.85. The van der Waals surface area contributed by atoms with E-state index in [1.165, 1.54) is 36.0 Å². The Morgan fingerprint density at radius 1 is 1.24 bits per heavy atom. The van der Waals surface area contributed by atoms with Gasteiger partial charge in [-0.3, -0.25) is 0 Å². The fourth-order valence-corrected chi connectivity index (χ4v) is 3.55. The van der Waals surface area contributed by atoms with E-state index in [9.17, 15) is 0 Å². The molecule has 0 aliphatic heterocycles. The first-order valence-electron chi connectivity index (χ1n) is 6.98. The molecule has 2 saturated carbocycles. The molecule has 0 saturated heterocycles. The number of aryl methyl sites for hydroxylation is 2. The number of fused-ring (bicyclic) bond motifs is 1. The highest BCUT2D eigenvalue weighted by Crippen LogP contribution is 2.52. The number of hydrogen-bond donors (Lipinski definition) is 1. The van der Waals surface area contributed by atoms with Gasteiger partial charge in [-0.2, -0.15) is 0 Å². The lowest BCUT2D eigenvalue weighted by molar-refractivity contribution is 0.424. The Labute approximate surface area is 105 Å². The highest BCUT2D eigenvalue weighted by atomic mass is 15.0. The maximum atomic E-state index is 3.85. The lowest BCUT2D eigenvalue weighted by Gasteiger charge is -2.23. The van der Waals surface area contributed by atoms with Crippen molar-refractivity contribution in [2.75, 3.05) is 0 Å². The highest BCUT2D eigenvalue weighted by Gasteiger charge is 2.48. The third-order valence-electron chi connectivity index (χ3n) is 4.71. The zero-order chi connectivity index (χ0) is 12.0. The average Bonchev–Trinajstić information content (AvgIpc) is 2.99. The zero-order valence-electron chi connectivity index (χ0n) is 11.2. The number of benzene rings is 1. The molecule has 92 valence electrons. The number of hydrogen-bond acceptors (Lipinski definition) is 1. The molecule has 2 unspecified atom stereocenters. The molecule has 0 heterocycles. The molecule has 1 aromatic carbocycles. The smallest absolute Gasteiger partial charge is 0.0297 e. The predicted octanol–water partition coefficient (Wildman–Crippen LogP) is 3.75. The summed E-state index contributed by atoms with van der Waals surface area (Å²) >= 11 is 0. The first kappa shape index (κ1) is 11.3. The normalized spacial score (nSPS) is 32.3. The standard InChI is InChI=1S/C16H23N/c1-10-4-5-11(2)14(8-10)12(3)17-16-7-6-13-9-15(13)16/h4-5,8,12-13,15-17H,6-7,9H2,1-3H3/t12?,13-,15+,16?/m0/s1. The van der Waals surface area contributed by atoms with E-state index in [-0.39, 0.29) is 0 Å². The van der Waals surface area contributed by atoms with Crippen LogP contribution < -0.4 is 5.32 Å². The highest BCUT2D eigenvalue weighted by molar-refractivity contribution is 5.32. The van der Waals surface area contributed by atoms with Gasteiger partial charge in [0.25, 0.3) is 0 Å². The van der Waals surface area contributed by atoms with Gasteiger partial charge in [0, 0.05) is 12.1 Å². The summed E-state index contributed by atoms with van der Waals surface area (Å²) in [6, 6.07) is 8.08. The maximum Gasteiger partial charge on any atom is 0.0297 e. The van der Waals surface area contributed by atoms with Gasteiger partial charge < -0.3 is 5.32 Å². The fourth-order valence-electron chi connectivity index (χ4n) is 3.55. The van der Waals surface area contributed by atoms with E-state index in [0.29, 0.717) is 6.04 Å². The second-order valence-corrected chi connectivity index (χ2v) is 6.09.